The van der Waals surface area contributed by atoms with Crippen molar-refractivity contribution in [2.75, 3.05) is 51.5 Å². The number of rotatable bonds is 4. The van der Waals surface area contributed by atoms with Crippen LogP contribution in [0.2, 0.25) is 0 Å². The molecule has 35 heavy (non-hydrogen) atoms. The second kappa shape index (κ2) is 9.24. The van der Waals surface area contributed by atoms with Crippen molar-refractivity contribution in [3.8, 4) is 5.75 Å². The fourth-order valence-electron chi connectivity index (χ4n) is 5.92. The predicted molar refractivity (Wildman–Crippen MR) is 133 cm³/mol. The fraction of sp³-hybridized carbons (Fsp3) is 0.519. The zero-order valence-corrected chi connectivity index (χ0v) is 20.2. The molecule has 4 aliphatic heterocycles. The lowest BCUT2D eigenvalue weighted by atomic mass is 9.87. The molecular formula is C27H32N4O4. The number of hydrogen-bond donors (Lipinski definition) is 1. The topological polar surface area (TPSA) is 85.3 Å². The average molecular weight is 477 g/mol. The summed E-state index contributed by atoms with van der Waals surface area (Å²) >= 11 is 0. The van der Waals surface area contributed by atoms with Gasteiger partial charge in [0.1, 0.15) is 17.4 Å². The van der Waals surface area contributed by atoms with E-state index in [9.17, 15) is 4.79 Å². The lowest BCUT2D eigenvalue weighted by Crippen LogP contribution is -2.31. The van der Waals surface area contributed by atoms with Crippen molar-refractivity contribution in [3.63, 3.8) is 0 Å². The van der Waals surface area contributed by atoms with Gasteiger partial charge in [-0.25, -0.2) is 9.98 Å². The molecule has 3 fully saturated rings. The number of anilines is 1. The van der Waals surface area contributed by atoms with Gasteiger partial charge in [-0.05, 0) is 55.4 Å². The van der Waals surface area contributed by atoms with Crippen LogP contribution in [0.15, 0.2) is 35.5 Å². The Kier molecular flexibility index (Phi) is 5.94. The molecule has 1 amide bonds. The van der Waals surface area contributed by atoms with E-state index in [1.54, 1.807) is 19.4 Å². The first-order valence-electron chi connectivity index (χ1n) is 12.6. The van der Waals surface area contributed by atoms with Gasteiger partial charge in [-0.15, -0.1) is 0 Å². The van der Waals surface area contributed by atoms with Crippen molar-refractivity contribution in [2.45, 2.75) is 38.0 Å². The number of carbonyl (C=O) groups excluding carboxylic acids is 1. The number of pyridine rings is 1. The lowest BCUT2D eigenvalue weighted by molar-refractivity contribution is 0.0854. The van der Waals surface area contributed by atoms with Gasteiger partial charge in [-0.1, -0.05) is 6.07 Å². The number of amidine groups is 1. The van der Waals surface area contributed by atoms with E-state index in [2.05, 4.69) is 21.3 Å². The van der Waals surface area contributed by atoms with E-state index < -0.39 is 0 Å². The monoisotopic (exact) mass is 476 g/mol. The van der Waals surface area contributed by atoms with E-state index in [1.165, 1.54) is 5.56 Å². The molecule has 8 heteroatoms. The molecule has 1 spiro atoms. The summed E-state index contributed by atoms with van der Waals surface area (Å²) in [7, 11) is 1.68. The van der Waals surface area contributed by atoms with Gasteiger partial charge in [-0.2, -0.15) is 0 Å². The first-order valence-corrected chi connectivity index (χ1v) is 12.6. The van der Waals surface area contributed by atoms with Gasteiger partial charge in [0.05, 0.1) is 19.4 Å². The van der Waals surface area contributed by atoms with E-state index in [1.807, 2.05) is 12.1 Å². The van der Waals surface area contributed by atoms with Crippen molar-refractivity contribution < 1.29 is 19.0 Å². The van der Waals surface area contributed by atoms with E-state index in [4.69, 9.17) is 19.2 Å². The number of benzene rings is 1. The molecule has 0 unspecified atom stereocenters. The van der Waals surface area contributed by atoms with Crippen LogP contribution in [0.25, 0.3) is 0 Å². The molecule has 2 aromatic rings. The van der Waals surface area contributed by atoms with Crippen molar-refractivity contribution in [1.82, 2.24) is 10.3 Å². The molecule has 0 saturated carbocycles. The molecule has 3 saturated heterocycles. The third kappa shape index (κ3) is 4.29. The number of nitrogens with zero attached hydrogens (tertiary/aromatic N) is 3. The van der Waals surface area contributed by atoms with Crippen LogP contribution in [0, 0.1) is 5.41 Å². The minimum absolute atomic E-state index is 0.162. The Morgan fingerprint density at radius 1 is 1.17 bits per heavy atom. The molecular weight excluding hydrogens is 444 g/mol. The third-order valence-corrected chi connectivity index (χ3v) is 7.96. The smallest absolute Gasteiger partial charge is 0.256 e. The van der Waals surface area contributed by atoms with Crippen LogP contribution in [0.1, 0.15) is 53.1 Å². The van der Waals surface area contributed by atoms with Crippen molar-refractivity contribution in [1.29, 1.82) is 0 Å². The number of ether oxygens (including phenoxy) is 3. The molecule has 0 radical (unpaired) electrons. The summed E-state index contributed by atoms with van der Waals surface area (Å²) in [4.78, 5) is 24.9. The third-order valence-electron chi connectivity index (χ3n) is 7.96. The van der Waals surface area contributed by atoms with Crippen LogP contribution >= 0.6 is 0 Å². The highest BCUT2D eigenvalue weighted by Crippen LogP contribution is 2.43. The average Bonchev–Trinajstić information content (AvgIpc) is 3.65. The number of hydrogen-bond acceptors (Lipinski definition) is 7. The highest BCUT2D eigenvalue weighted by atomic mass is 16.5. The van der Waals surface area contributed by atoms with Gasteiger partial charge in [0.25, 0.3) is 5.91 Å². The zero-order valence-electron chi connectivity index (χ0n) is 20.2. The maximum atomic E-state index is 13.2. The highest BCUT2D eigenvalue weighted by molar-refractivity contribution is 6.09. The van der Waals surface area contributed by atoms with Gasteiger partial charge in [0, 0.05) is 62.1 Å². The van der Waals surface area contributed by atoms with Gasteiger partial charge in [0.15, 0.2) is 0 Å². The van der Waals surface area contributed by atoms with Gasteiger partial charge >= 0.3 is 0 Å². The number of methoxy groups -OCH3 is 1. The normalized spacial score (nSPS) is 24.0. The molecule has 1 aromatic carbocycles. The summed E-state index contributed by atoms with van der Waals surface area (Å²) in [5, 5.41) is 3.05. The van der Waals surface area contributed by atoms with Crippen LogP contribution < -0.4 is 15.0 Å². The minimum atomic E-state index is -0.162. The molecule has 6 rings (SSSR count). The van der Waals surface area contributed by atoms with E-state index in [-0.39, 0.29) is 11.3 Å². The number of fused-ring (bicyclic) bond motifs is 1. The Labute approximate surface area is 205 Å². The molecule has 1 aromatic heterocycles. The molecule has 4 aliphatic rings. The largest absolute Gasteiger partial charge is 0.496 e. The first-order chi connectivity index (χ1) is 17.1. The van der Waals surface area contributed by atoms with Gasteiger partial charge in [-0.3, -0.25) is 4.79 Å². The summed E-state index contributed by atoms with van der Waals surface area (Å²) in [6.45, 7) is 5.08. The standard InChI is InChI=1S/C27H32N4O4/c1-33-22-3-2-20(18-5-11-34-12-6-18)25-21(22)15-23(29-25)30-26(32)19-4-9-28-24(14-19)31-10-7-27(16-31)8-13-35-17-27/h2-4,9,14,18H,5-8,10-13,15-17H2,1H3,(H,29,30,32)/t27-/m1/s1. The summed E-state index contributed by atoms with van der Waals surface area (Å²) in [5.74, 6) is 2.57. The second-order valence-corrected chi connectivity index (χ2v) is 10.1. The first kappa shape index (κ1) is 22.5. The second-order valence-electron chi connectivity index (χ2n) is 10.1. The fourth-order valence-corrected chi connectivity index (χ4v) is 5.92. The molecule has 8 nitrogen and oxygen atoms in total. The SMILES string of the molecule is COc1ccc(C2CCOCC2)c2c1CC(NC(=O)c1ccnc(N3CC[C@@]4(CCOC4)C3)c1)=N2. The van der Waals surface area contributed by atoms with Crippen molar-refractivity contribution >= 4 is 23.2 Å². The minimum Gasteiger partial charge on any atom is -0.496 e. The summed E-state index contributed by atoms with van der Waals surface area (Å²) in [5.41, 5.74) is 4.05. The number of aromatic nitrogens is 1. The van der Waals surface area contributed by atoms with Crippen LogP contribution in [0.4, 0.5) is 11.5 Å². The number of carbonyl (C=O) groups is 1. The lowest BCUT2D eigenvalue weighted by Gasteiger charge is -2.24. The Morgan fingerprint density at radius 2 is 2.06 bits per heavy atom. The number of nitrogens with one attached hydrogen (secondary N) is 1. The zero-order chi connectivity index (χ0) is 23.8. The maximum absolute atomic E-state index is 13.2. The predicted octanol–water partition coefficient (Wildman–Crippen LogP) is 3.62. The molecule has 5 heterocycles. The molecule has 1 atom stereocenters. The number of amides is 1. The van der Waals surface area contributed by atoms with Crippen LogP contribution in [0.5, 0.6) is 5.75 Å². The summed E-state index contributed by atoms with van der Waals surface area (Å²) in [6, 6.07) is 7.80. The quantitative estimate of drug-likeness (QED) is 0.726. The van der Waals surface area contributed by atoms with Crippen molar-refractivity contribution in [2.24, 2.45) is 10.4 Å². The molecule has 0 bridgehead atoms. The Bertz CT molecular complexity index is 1150. The Balaban J connectivity index is 1.19. The summed E-state index contributed by atoms with van der Waals surface area (Å²) < 4.78 is 16.8. The number of aliphatic imine (C=N–C) groups is 1. The molecule has 184 valence electrons. The van der Waals surface area contributed by atoms with E-state index in [0.717, 1.165) is 88.0 Å². The van der Waals surface area contributed by atoms with Gasteiger partial charge in [0.2, 0.25) is 0 Å². The molecule has 0 aliphatic carbocycles. The van der Waals surface area contributed by atoms with Crippen molar-refractivity contribution in [3.05, 3.63) is 47.2 Å². The van der Waals surface area contributed by atoms with Gasteiger partial charge < -0.3 is 24.4 Å². The van der Waals surface area contributed by atoms with E-state index >= 15 is 0 Å². The van der Waals surface area contributed by atoms with E-state index in [0.29, 0.717) is 23.7 Å². The Hall–Kier alpha value is -2.97. The maximum Gasteiger partial charge on any atom is 0.256 e. The Morgan fingerprint density at radius 3 is 2.86 bits per heavy atom. The van der Waals surface area contributed by atoms with Crippen LogP contribution in [-0.4, -0.2) is 63.4 Å². The van der Waals surface area contributed by atoms with Crippen LogP contribution in [-0.2, 0) is 15.9 Å². The molecule has 1 N–H and O–H groups in total. The van der Waals surface area contributed by atoms with Crippen LogP contribution in [0.3, 0.4) is 0 Å². The summed E-state index contributed by atoms with van der Waals surface area (Å²) in [6.07, 6.45) is 6.45. The highest BCUT2D eigenvalue weighted by Gasteiger charge is 2.41.